The molecule has 2 rings (SSSR count). The normalized spacial score (nSPS) is 24.2. The lowest BCUT2D eigenvalue weighted by Gasteiger charge is -2.22. The van der Waals surface area contributed by atoms with E-state index in [2.05, 4.69) is 24.0 Å². The Hall–Kier alpha value is -0.400. The molecule has 1 saturated heterocycles. The summed E-state index contributed by atoms with van der Waals surface area (Å²) in [6, 6.07) is 0. The van der Waals surface area contributed by atoms with E-state index >= 15 is 0 Å². The maximum Gasteiger partial charge on any atom is 0.233 e. The van der Waals surface area contributed by atoms with Crippen LogP contribution in [0.4, 0.5) is 0 Å². The van der Waals surface area contributed by atoms with E-state index in [1.165, 1.54) is 29.5 Å². The molecule has 0 aromatic carbocycles. The van der Waals surface area contributed by atoms with E-state index in [-0.39, 0.29) is 5.91 Å². The summed E-state index contributed by atoms with van der Waals surface area (Å²) in [6.07, 6.45) is 2.33. The molecule has 0 bridgehead atoms. The average Bonchev–Trinajstić information content (AvgIpc) is 2.68. The highest BCUT2D eigenvalue weighted by molar-refractivity contribution is 8.01. The number of nitrogens with zero attached hydrogens (tertiary/aromatic N) is 2. The van der Waals surface area contributed by atoms with Crippen LogP contribution in [0.5, 0.6) is 0 Å². The van der Waals surface area contributed by atoms with E-state index < -0.39 is 0 Å². The van der Waals surface area contributed by atoms with Crippen LogP contribution in [-0.2, 0) is 4.79 Å². The van der Waals surface area contributed by atoms with Gasteiger partial charge in [0.05, 0.1) is 5.75 Å². The monoisotopic (exact) mass is 317 g/mol. The van der Waals surface area contributed by atoms with Gasteiger partial charge in [0.25, 0.3) is 0 Å². The molecule has 0 unspecified atom stereocenters. The van der Waals surface area contributed by atoms with Gasteiger partial charge in [0.1, 0.15) is 0 Å². The second-order valence-corrected chi connectivity index (χ2v) is 8.13. The Bertz CT molecular complexity index is 485. The van der Waals surface area contributed by atoms with Crippen LogP contribution in [0.2, 0.25) is 0 Å². The van der Waals surface area contributed by atoms with E-state index in [1.807, 2.05) is 4.90 Å². The van der Waals surface area contributed by atoms with Crippen LogP contribution in [0.15, 0.2) is 4.34 Å². The summed E-state index contributed by atoms with van der Waals surface area (Å²) < 4.78 is 1.50. The van der Waals surface area contributed by atoms with Crippen LogP contribution in [0.1, 0.15) is 26.7 Å². The number of carbonyl (C=O) groups is 1. The Morgan fingerprint density at radius 2 is 2.37 bits per heavy atom. The van der Waals surface area contributed by atoms with E-state index in [4.69, 9.17) is 12.2 Å². The SMILES string of the molecule is C[C@H]1CCN(C(=O)CSc2n[nH]c(=S)s2)C[C@@H](C)C1. The Labute approximate surface area is 127 Å². The number of nitrogens with one attached hydrogen (secondary N) is 1. The van der Waals surface area contributed by atoms with Crippen LogP contribution in [-0.4, -0.2) is 39.8 Å². The quantitative estimate of drug-likeness (QED) is 0.687. The van der Waals surface area contributed by atoms with Gasteiger partial charge in [-0.1, -0.05) is 36.9 Å². The third-order valence-corrected chi connectivity index (χ3v) is 5.54. The summed E-state index contributed by atoms with van der Waals surface area (Å²) in [5.41, 5.74) is 0. The summed E-state index contributed by atoms with van der Waals surface area (Å²) in [7, 11) is 0. The molecule has 0 radical (unpaired) electrons. The van der Waals surface area contributed by atoms with E-state index in [0.29, 0.717) is 15.6 Å². The van der Waals surface area contributed by atoms with Crippen molar-refractivity contribution in [2.24, 2.45) is 11.8 Å². The molecule has 106 valence electrons. The number of hydrogen-bond donors (Lipinski definition) is 1. The number of H-pyrrole nitrogens is 1. The van der Waals surface area contributed by atoms with Gasteiger partial charge in [0.15, 0.2) is 8.29 Å². The predicted octanol–water partition coefficient (Wildman–Crippen LogP) is 3.19. The van der Waals surface area contributed by atoms with Crippen molar-refractivity contribution in [2.75, 3.05) is 18.8 Å². The Morgan fingerprint density at radius 3 is 3.05 bits per heavy atom. The number of aromatic amines is 1. The Kier molecular flexibility index (Phi) is 5.41. The lowest BCUT2D eigenvalue weighted by atomic mass is 9.97. The first-order valence-electron chi connectivity index (χ1n) is 6.50. The molecule has 1 fully saturated rings. The standard InChI is InChI=1S/C12H19N3OS3/c1-8-3-4-15(6-9(2)5-8)10(16)7-18-12-14-13-11(17)19-12/h8-9H,3-7H2,1-2H3,(H,13,17)/t8-,9-/m0/s1. The van der Waals surface area contributed by atoms with Gasteiger partial charge in [0, 0.05) is 13.1 Å². The van der Waals surface area contributed by atoms with Crippen LogP contribution in [0.3, 0.4) is 0 Å². The number of hydrogen-bond acceptors (Lipinski definition) is 5. The fourth-order valence-corrected chi connectivity index (χ4v) is 4.43. The fraction of sp³-hybridized carbons (Fsp3) is 0.750. The molecule has 1 aromatic heterocycles. The van der Waals surface area contributed by atoms with Gasteiger partial charge in [-0.25, -0.2) is 0 Å². The summed E-state index contributed by atoms with van der Waals surface area (Å²) in [5.74, 6) is 1.99. The molecule has 2 atom stereocenters. The molecule has 1 aromatic rings. The first kappa shape index (κ1) is 15.0. The topological polar surface area (TPSA) is 49.0 Å². The fourth-order valence-electron chi connectivity index (χ4n) is 2.44. The van der Waals surface area contributed by atoms with Gasteiger partial charge >= 0.3 is 0 Å². The van der Waals surface area contributed by atoms with Crippen molar-refractivity contribution in [3.05, 3.63) is 3.95 Å². The van der Waals surface area contributed by atoms with Gasteiger partial charge in [0.2, 0.25) is 5.91 Å². The van der Waals surface area contributed by atoms with Crippen LogP contribution in [0, 0.1) is 15.8 Å². The average molecular weight is 318 g/mol. The third-order valence-electron chi connectivity index (χ3n) is 3.32. The molecule has 1 aliphatic heterocycles. The summed E-state index contributed by atoms with van der Waals surface area (Å²) in [6.45, 7) is 6.28. The maximum atomic E-state index is 12.2. The maximum absolute atomic E-state index is 12.2. The van der Waals surface area contributed by atoms with Crippen molar-refractivity contribution in [3.8, 4) is 0 Å². The van der Waals surface area contributed by atoms with Gasteiger partial charge in [-0.05, 0) is 36.9 Å². The molecule has 1 aliphatic rings. The van der Waals surface area contributed by atoms with Crippen molar-refractivity contribution in [2.45, 2.75) is 31.0 Å². The zero-order valence-corrected chi connectivity index (χ0v) is 13.7. The molecule has 2 heterocycles. The van der Waals surface area contributed by atoms with Gasteiger partial charge < -0.3 is 4.90 Å². The zero-order valence-electron chi connectivity index (χ0n) is 11.2. The van der Waals surface area contributed by atoms with E-state index in [0.717, 1.165) is 29.8 Å². The van der Waals surface area contributed by atoms with Crippen LogP contribution >= 0.6 is 35.3 Å². The highest BCUT2D eigenvalue weighted by Crippen LogP contribution is 2.24. The van der Waals surface area contributed by atoms with E-state index in [1.54, 1.807) is 0 Å². The number of amides is 1. The Balaban J connectivity index is 1.86. The van der Waals surface area contributed by atoms with Crippen molar-refractivity contribution < 1.29 is 4.79 Å². The molecule has 1 N–H and O–H groups in total. The minimum atomic E-state index is 0.215. The molecule has 1 amide bonds. The van der Waals surface area contributed by atoms with E-state index in [9.17, 15) is 4.79 Å². The van der Waals surface area contributed by atoms with Gasteiger partial charge in [-0.15, -0.1) is 0 Å². The summed E-state index contributed by atoms with van der Waals surface area (Å²) >= 11 is 7.87. The molecular weight excluding hydrogens is 298 g/mol. The number of thioether (sulfide) groups is 1. The first-order chi connectivity index (χ1) is 9.04. The predicted molar refractivity (Wildman–Crippen MR) is 82.2 cm³/mol. The second-order valence-electron chi connectivity index (χ2n) is 5.24. The van der Waals surface area contributed by atoms with Crippen molar-refractivity contribution in [3.63, 3.8) is 0 Å². The molecule has 0 aliphatic carbocycles. The molecule has 7 heteroatoms. The number of carbonyl (C=O) groups excluding carboxylic acids is 1. The Morgan fingerprint density at radius 1 is 1.58 bits per heavy atom. The highest BCUT2D eigenvalue weighted by atomic mass is 32.2. The largest absolute Gasteiger partial charge is 0.342 e. The van der Waals surface area contributed by atoms with Gasteiger partial charge in [-0.2, -0.15) is 5.10 Å². The summed E-state index contributed by atoms with van der Waals surface area (Å²) in [4.78, 5) is 14.2. The second kappa shape index (κ2) is 6.85. The first-order valence-corrected chi connectivity index (χ1v) is 8.71. The zero-order chi connectivity index (χ0) is 13.8. The lowest BCUT2D eigenvalue weighted by Crippen LogP contribution is -2.35. The van der Waals surface area contributed by atoms with Crippen molar-refractivity contribution >= 4 is 41.2 Å². The number of likely N-dealkylation sites (tertiary alicyclic amines) is 1. The van der Waals surface area contributed by atoms with Crippen molar-refractivity contribution in [1.29, 1.82) is 0 Å². The van der Waals surface area contributed by atoms with Crippen molar-refractivity contribution in [1.82, 2.24) is 15.1 Å². The smallest absolute Gasteiger partial charge is 0.233 e. The van der Waals surface area contributed by atoms with Crippen LogP contribution < -0.4 is 0 Å². The molecule has 4 nitrogen and oxygen atoms in total. The summed E-state index contributed by atoms with van der Waals surface area (Å²) in [5, 5.41) is 6.79. The minimum absolute atomic E-state index is 0.215. The third kappa shape index (κ3) is 4.57. The molecular formula is C12H19N3OS3. The van der Waals surface area contributed by atoms with Gasteiger partial charge in [-0.3, -0.25) is 9.89 Å². The minimum Gasteiger partial charge on any atom is -0.342 e. The number of rotatable bonds is 3. The molecule has 0 spiro atoms. The molecule has 0 saturated carbocycles. The number of aromatic nitrogens is 2. The lowest BCUT2D eigenvalue weighted by molar-refractivity contribution is -0.128. The van der Waals surface area contributed by atoms with Crippen LogP contribution in [0.25, 0.3) is 0 Å². The highest BCUT2D eigenvalue weighted by Gasteiger charge is 2.22. The molecule has 19 heavy (non-hydrogen) atoms.